The predicted molar refractivity (Wildman–Crippen MR) is 120 cm³/mol. The molecule has 0 fully saturated rings. The molecule has 0 saturated heterocycles. The Labute approximate surface area is 194 Å². The van der Waals surface area contributed by atoms with Crippen LogP contribution in [0.25, 0.3) is 0 Å². The van der Waals surface area contributed by atoms with E-state index in [1.165, 1.54) is 18.2 Å². The molecule has 0 radical (unpaired) electrons. The summed E-state index contributed by atoms with van der Waals surface area (Å²) in [5.41, 5.74) is -0.0827. The summed E-state index contributed by atoms with van der Waals surface area (Å²) in [6, 6.07) is 13.8. The zero-order valence-corrected chi connectivity index (χ0v) is 18.1. The Hall–Kier alpha value is -4.31. The molecule has 10 heteroatoms. The predicted octanol–water partition coefficient (Wildman–Crippen LogP) is 3.90. The lowest BCUT2D eigenvalue weighted by atomic mass is 10.0. The SMILES string of the molecule is O=C(O)c1cc(NC(=O)c2ccc3c(c2)C(=O)N(c2ccc(Br)cc2)C3=O)cc(C(=O)O)c1. The number of carboxylic acids is 2. The first-order chi connectivity index (χ1) is 15.7. The molecule has 4 rings (SSSR count). The number of carboxylic acid groups (broad SMARTS) is 2. The third-order valence-corrected chi connectivity index (χ3v) is 5.45. The molecule has 33 heavy (non-hydrogen) atoms. The molecular weight excluding hydrogens is 496 g/mol. The number of nitrogens with one attached hydrogen (secondary N) is 1. The number of halogens is 1. The van der Waals surface area contributed by atoms with Crippen LogP contribution in [-0.2, 0) is 0 Å². The van der Waals surface area contributed by atoms with Crippen LogP contribution < -0.4 is 10.2 Å². The summed E-state index contributed by atoms with van der Waals surface area (Å²) in [4.78, 5) is 61.9. The van der Waals surface area contributed by atoms with Gasteiger partial charge in [0.05, 0.1) is 27.9 Å². The summed E-state index contributed by atoms with van der Waals surface area (Å²) in [5, 5.41) is 20.8. The maximum Gasteiger partial charge on any atom is 0.335 e. The van der Waals surface area contributed by atoms with E-state index in [9.17, 15) is 34.2 Å². The van der Waals surface area contributed by atoms with E-state index in [4.69, 9.17) is 0 Å². The number of anilines is 2. The zero-order chi connectivity index (χ0) is 23.9. The lowest BCUT2D eigenvalue weighted by Gasteiger charge is -2.13. The van der Waals surface area contributed by atoms with Gasteiger partial charge in [-0.25, -0.2) is 14.5 Å². The van der Waals surface area contributed by atoms with Crippen LogP contribution in [0.4, 0.5) is 11.4 Å². The van der Waals surface area contributed by atoms with Crippen LogP contribution in [-0.4, -0.2) is 39.9 Å². The number of fused-ring (bicyclic) bond motifs is 1. The van der Waals surface area contributed by atoms with Crippen molar-refractivity contribution in [3.05, 3.63) is 93.0 Å². The minimum Gasteiger partial charge on any atom is -0.478 e. The van der Waals surface area contributed by atoms with Gasteiger partial charge in [-0.3, -0.25) is 14.4 Å². The first-order valence-electron chi connectivity index (χ1n) is 9.37. The number of amides is 3. The molecule has 3 N–H and O–H groups in total. The molecule has 3 amide bonds. The highest BCUT2D eigenvalue weighted by atomic mass is 79.9. The number of rotatable bonds is 5. The minimum absolute atomic E-state index is 0.0326. The maximum absolute atomic E-state index is 12.9. The second-order valence-electron chi connectivity index (χ2n) is 7.05. The molecule has 0 saturated carbocycles. The molecule has 0 unspecified atom stereocenters. The van der Waals surface area contributed by atoms with Gasteiger partial charge < -0.3 is 15.5 Å². The van der Waals surface area contributed by atoms with E-state index in [1.807, 2.05) is 0 Å². The summed E-state index contributed by atoms with van der Waals surface area (Å²) in [6.07, 6.45) is 0. The van der Waals surface area contributed by atoms with Crippen molar-refractivity contribution in [2.24, 2.45) is 0 Å². The van der Waals surface area contributed by atoms with Crippen molar-refractivity contribution in [3.8, 4) is 0 Å². The topological polar surface area (TPSA) is 141 Å². The molecule has 1 aliphatic rings. The van der Waals surface area contributed by atoms with E-state index in [0.29, 0.717) is 5.69 Å². The van der Waals surface area contributed by atoms with Gasteiger partial charge in [-0.2, -0.15) is 0 Å². The highest BCUT2D eigenvalue weighted by Gasteiger charge is 2.37. The summed E-state index contributed by atoms with van der Waals surface area (Å²) in [5.74, 6) is -4.54. The first kappa shape index (κ1) is 21.9. The number of carbonyl (C=O) groups excluding carboxylic acids is 3. The monoisotopic (exact) mass is 508 g/mol. The Balaban J connectivity index is 1.63. The second-order valence-corrected chi connectivity index (χ2v) is 7.96. The Morgan fingerprint density at radius 1 is 0.727 bits per heavy atom. The Morgan fingerprint density at radius 2 is 1.30 bits per heavy atom. The average Bonchev–Trinajstić information content (AvgIpc) is 3.03. The summed E-state index contributed by atoms with van der Waals surface area (Å²) in [7, 11) is 0. The summed E-state index contributed by atoms with van der Waals surface area (Å²) >= 11 is 3.29. The lowest BCUT2D eigenvalue weighted by Crippen LogP contribution is -2.29. The van der Waals surface area contributed by atoms with Gasteiger partial charge in [0.15, 0.2) is 0 Å². The number of nitrogens with zero attached hydrogens (tertiary/aromatic N) is 1. The Bertz CT molecular complexity index is 1330. The van der Waals surface area contributed by atoms with Crippen molar-refractivity contribution in [3.63, 3.8) is 0 Å². The first-order valence-corrected chi connectivity index (χ1v) is 10.2. The fraction of sp³-hybridized carbons (Fsp3) is 0. The fourth-order valence-electron chi connectivity index (χ4n) is 3.36. The van der Waals surface area contributed by atoms with Gasteiger partial charge in [-0.15, -0.1) is 0 Å². The number of aromatic carboxylic acids is 2. The van der Waals surface area contributed by atoms with Crippen molar-refractivity contribution in [1.82, 2.24) is 0 Å². The molecule has 3 aromatic carbocycles. The molecule has 1 heterocycles. The van der Waals surface area contributed by atoms with Crippen LogP contribution in [0.5, 0.6) is 0 Å². The smallest absolute Gasteiger partial charge is 0.335 e. The number of hydrogen-bond acceptors (Lipinski definition) is 5. The van der Waals surface area contributed by atoms with E-state index >= 15 is 0 Å². The molecule has 0 atom stereocenters. The van der Waals surface area contributed by atoms with Crippen LogP contribution in [0.1, 0.15) is 51.8 Å². The Kier molecular flexibility index (Phi) is 5.52. The van der Waals surface area contributed by atoms with Crippen molar-refractivity contribution >= 4 is 57.0 Å². The van der Waals surface area contributed by atoms with Gasteiger partial charge in [0.1, 0.15) is 0 Å². The van der Waals surface area contributed by atoms with Gasteiger partial charge in [0.2, 0.25) is 0 Å². The Morgan fingerprint density at radius 3 is 1.88 bits per heavy atom. The molecule has 0 bridgehead atoms. The fourth-order valence-corrected chi connectivity index (χ4v) is 3.62. The summed E-state index contributed by atoms with van der Waals surface area (Å²) in [6.45, 7) is 0. The van der Waals surface area contributed by atoms with Crippen LogP contribution >= 0.6 is 15.9 Å². The van der Waals surface area contributed by atoms with Gasteiger partial charge >= 0.3 is 11.9 Å². The van der Waals surface area contributed by atoms with E-state index in [0.717, 1.165) is 27.6 Å². The quantitative estimate of drug-likeness (QED) is 0.443. The van der Waals surface area contributed by atoms with Crippen molar-refractivity contribution in [2.45, 2.75) is 0 Å². The van der Waals surface area contributed by atoms with E-state index in [1.54, 1.807) is 24.3 Å². The normalized spacial score (nSPS) is 12.5. The molecule has 0 aliphatic carbocycles. The van der Waals surface area contributed by atoms with Crippen molar-refractivity contribution in [1.29, 1.82) is 0 Å². The number of hydrogen-bond donors (Lipinski definition) is 3. The molecular formula is C23H13BrN2O7. The van der Waals surface area contributed by atoms with Crippen LogP contribution in [0, 0.1) is 0 Å². The highest BCUT2D eigenvalue weighted by Crippen LogP contribution is 2.30. The molecule has 0 aromatic heterocycles. The van der Waals surface area contributed by atoms with Gasteiger partial charge in [-0.05, 0) is 60.7 Å². The lowest BCUT2D eigenvalue weighted by molar-refractivity contribution is 0.0695. The largest absolute Gasteiger partial charge is 0.478 e. The minimum atomic E-state index is -1.36. The number of carbonyl (C=O) groups is 5. The third kappa shape index (κ3) is 4.11. The number of benzene rings is 3. The molecule has 0 spiro atoms. The molecule has 3 aromatic rings. The van der Waals surface area contributed by atoms with E-state index in [-0.39, 0.29) is 33.5 Å². The highest BCUT2D eigenvalue weighted by molar-refractivity contribution is 9.10. The van der Waals surface area contributed by atoms with Gasteiger partial charge in [0, 0.05) is 15.7 Å². The summed E-state index contributed by atoms with van der Waals surface area (Å²) < 4.78 is 0.778. The van der Waals surface area contributed by atoms with Crippen LogP contribution in [0.15, 0.2) is 65.1 Å². The molecule has 1 aliphatic heterocycles. The van der Waals surface area contributed by atoms with Crippen molar-refractivity contribution in [2.75, 3.05) is 10.2 Å². The van der Waals surface area contributed by atoms with E-state index in [2.05, 4.69) is 21.2 Å². The zero-order valence-electron chi connectivity index (χ0n) is 16.5. The number of imide groups is 1. The van der Waals surface area contributed by atoms with Gasteiger partial charge in [0.25, 0.3) is 17.7 Å². The maximum atomic E-state index is 12.9. The van der Waals surface area contributed by atoms with Gasteiger partial charge in [-0.1, -0.05) is 15.9 Å². The molecule has 9 nitrogen and oxygen atoms in total. The van der Waals surface area contributed by atoms with Crippen LogP contribution in [0.2, 0.25) is 0 Å². The third-order valence-electron chi connectivity index (χ3n) is 4.92. The average molecular weight is 509 g/mol. The standard InChI is InChI=1S/C23H13BrN2O7/c24-14-2-4-16(5-3-14)26-20(28)17-6-1-11(10-18(17)21(26)29)19(27)25-15-8-12(22(30)31)7-13(9-15)23(32)33/h1-10H,(H,25,27)(H,30,31)(H,32,33). The molecule has 164 valence electrons. The second kappa shape index (κ2) is 8.32. The van der Waals surface area contributed by atoms with Crippen LogP contribution in [0.3, 0.4) is 0 Å². The van der Waals surface area contributed by atoms with Crippen molar-refractivity contribution < 1.29 is 34.2 Å². The van der Waals surface area contributed by atoms with E-state index < -0.39 is 29.7 Å².